The minimum atomic E-state index is -1.77. The van der Waals surface area contributed by atoms with Gasteiger partial charge in [-0.05, 0) is 6.42 Å². The minimum absolute atomic E-state index is 0.288. The van der Waals surface area contributed by atoms with Crippen LogP contribution in [0.3, 0.4) is 0 Å². The monoisotopic (exact) mass is 236 g/mol. The molecule has 1 aliphatic rings. The largest absolute Gasteiger partial charge is 0.394 e. The van der Waals surface area contributed by atoms with E-state index in [1.54, 1.807) is 0 Å². The van der Waals surface area contributed by atoms with Gasteiger partial charge in [0.25, 0.3) is 0 Å². The molecule has 1 fully saturated rings. The summed E-state index contributed by atoms with van der Waals surface area (Å²) < 4.78 is 13.4. The molecule has 94 valence electrons. The van der Waals surface area contributed by atoms with Crippen molar-refractivity contribution in [1.82, 2.24) is 10.2 Å². The van der Waals surface area contributed by atoms with Crippen LogP contribution in [-0.4, -0.2) is 70.9 Å². The number of rotatable bonds is 5. The van der Waals surface area contributed by atoms with E-state index >= 15 is 0 Å². The van der Waals surface area contributed by atoms with Crippen molar-refractivity contribution < 1.29 is 24.5 Å². The molecule has 7 heteroatoms. The number of carbonyl (C=O) groups excluding carboxylic acids is 1. The Balaban J connectivity index is 2.43. The predicted octanol–water partition coefficient (Wildman–Crippen LogP) is -1.55. The van der Waals surface area contributed by atoms with E-state index in [-0.39, 0.29) is 12.6 Å². The number of hydrogen-bond donors (Lipinski definition) is 4. The molecule has 1 aliphatic heterocycles. The van der Waals surface area contributed by atoms with E-state index in [4.69, 9.17) is 10.2 Å². The van der Waals surface area contributed by atoms with E-state index in [1.165, 1.54) is 4.90 Å². The van der Waals surface area contributed by atoms with Gasteiger partial charge in [-0.25, -0.2) is 9.18 Å². The van der Waals surface area contributed by atoms with Crippen molar-refractivity contribution in [3.63, 3.8) is 0 Å². The third kappa shape index (κ3) is 3.29. The molecular weight excluding hydrogens is 219 g/mol. The van der Waals surface area contributed by atoms with Crippen molar-refractivity contribution in [3.05, 3.63) is 0 Å². The minimum Gasteiger partial charge on any atom is -0.394 e. The van der Waals surface area contributed by atoms with E-state index in [9.17, 15) is 14.3 Å². The molecule has 3 atom stereocenters. The van der Waals surface area contributed by atoms with Gasteiger partial charge in [-0.15, -0.1) is 0 Å². The topological polar surface area (TPSA) is 93.0 Å². The first-order chi connectivity index (χ1) is 7.56. The van der Waals surface area contributed by atoms with Crippen LogP contribution >= 0.6 is 0 Å². The molecule has 0 bridgehead atoms. The number of aliphatic hydroxyl groups excluding tert-OH is 3. The van der Waals surface area contributed by atoms with Crippen LogP contribution in [0.25, 0.3) is 0 Å². The number of nitrogens with zero attached hydrogens (tertiary/aromatic N) is 1. The van der Waals surface area contributed by atoms with Gasteiger partial charge in [0, 0.05) is 13.1 Å². The van der Waals surface area contributed by atoms with Crippen LogP contribution in [0.15, 0.2) is 0 Å². The number of halogens is 1. The zero-order chi connectivity index (χ0) is 12.1. The lowest BCUT2D eigenvalue weighted by Crippen LogP contribution is -2.51. The summed E-state index contributed by atoms with van der Waals surface area (Å²) in [6.45, 7) is -0.0137. The number of alkyl halides is 1. The summed E-state index contributed by atoms with van der Waals surface area (Å²) in [5, 5.41) is 29.4. The molecule has 0 aromatic heterocycles. The Morgan fingerprint density at radius 3 is 2.75 bits per heavy atom. The van der Waals surface area contributed by atoms with Gasteiger partial charge < -0.3 is 25.5 Å². The zero-order valence-corrected chi connectivity index (χ0v) is 8.84. The van der Waals surface area contributed by atoms with Gasteiger partial charge in [-0.2, -0.15) is 0 Å². The number of carbonyl (C=O) groups is 1. The molecule has 1 saturated heterocycles. The van der Waals surface area contributed by atoms with Gasteiger partial charge in [0.15, 0.2) is 0 Å². The van der Waals surface area contributed by atoms with Crippen molar-refractivity contribution in [1.29, 1.82) is 0 Å². The molecule has 16 heavy (non-hydrogen) atoms. The highest BCUT2D eigenvalue weighted by atomic mass is 19.1. The fourth-order valence-corrected chi connectivity index (χ4v) is 1.52. The average Bonchev–Trinajstić information content (AvgIpc) is 2.30. The van der Waals surface area contributed by atoms with Gasteiger partial charge in [0.1, 0.15) is 18.4 Å². The van der Waals surface area contributed by atoms with E-state index in [0.29, 0.717) is 13.1 Å². The SMILES string of the molecule is O=C1NCCCN1C[C@H](F)C(O)C(O)CO. The molecule has 0 radical (unpaired) electrons. The van der Waals surface area contributed by atoms with Gasteiger partial charge in [-0.1, -0.05) is 0 Å². The smallest absolute Gasteiger partial charge is 0.317 e. The van der Waals surface area contributed by atoms with Crippen molar-refractivity contribution in [3.8, 4) is 0 Å². The zero-order valence-electron chi connectivity index (χ0n) is 8.84. The first-order valence-electron chi connectivity index (χ1n) is 5.20. The maximum Gasteiger partial charge on any atom is 0.317 e. The molecule has 0 spiro atoms. The summed E-state index contributed by atoms with van der Waals surface area (Å²) >= 11 is 0. The third-order valence-electron chi connectivity index (χ3n) is 2.51. The lowest BCUT2D eigenvalue weighted by Gasteiger charge is -2.30. The molecule has 2 unspecified atom stereocenters. The van der Waals surface area contributed by atoms with Crippen molar-refractivity contribution in [2.45, 2.75) is 24.8 Å². The molecule has 0 aliphatic carbocycles. The van der Waals surface area contributed by atoms with Gasteiger partial charge in [0.05, 0.1) is 13.2 Å². The molecule has 0 saturated carbocycles. The first-order valence-corrected chi connectivity index (χ1v) is 5.20. The van der Waals surface area contributed by atoms with Gasteiger partial charge >= 0.3 is 6.03 Å². The summed E-state index contributed by atoms with van der Waals surface area (Å²) in [5.74, 6) is 0. The van der Waals surface area contributed by atoms with E-state index in [2.05, 4.69) is 5.32 Å². The highest BCUT2D eigenvalue weighted by molar-refractivity contribution is 5.74. The van der Waals surface area contributed by atoms with E-state index in [1.807, 2.05) is 0 Å². The van der Waals surface area contributed by atoms with Crippen LogP contribution in [0.4, 0.5) is 9.18 Å². The van der Waals surface area contributed by atoms with Crippen molar-refractivity contribution >= 4 is 6.03 Å². The Hall–Kier alpha value is -0.920. The molecule has 0 aromatic carbocycles. The third-order valence-corrected chi connectivity index (χ3v) is 2.51. The lowest BCUT2D eigenvalue weighted by molar-refractivity contribution is -0.0565. The summed E-state index contributed by atoms with van der Waals surface area (Å²) in [6.07, 6.45) is -4.26. The average molecular weight is 236 g/mol. The van der Waals surface area contributed by atoms with Crippen LogP contribution in [0, 0.1) is 0 Å². The van der Waals surface area contributed by atoms with Crippen LogP contribution in [-0.2, 0) is 0 Å². The number of urea groups is 1. The lowest BCUT2D eigenvalue weighted by atomic mass is 10.1. The Bertz CT molecular complexity index is 242. The quantitative estimate of drug-likeness (QED) is 0.465. The number of aliphatic hydroxyl groups is 3. The van der Waals surface area contributed by atoms with Gasteiger partial charge in [0.2, 0.25) is 0 Å². The summed E-state index contributed by atoms with van der Waals surface area (Å²) in [7, 11) is 0. The van der Waals surface area contributed by atoms with Crippen LogP contribution < -0.4 is 5.32 Å². The fraction of sp³-hybridized carbons (Fsp3) is 0.889. The maximum absolute atomic E-state index is 13.4. The molecular formula is C9H17FN2O4. The summed E-state index contributed by atoms with van der Waals surface area (Å²) in [5.41, 5.74) is 0. The van der Waals surface area contributed by atoms with E-state index in [0.717, 1.165) is 6.42 Å². The standard InChI is InChI=1S/C9H17FN2O4/c10-6(8(15)7(14)5-13)4-12-3-1-2-11-9(12)16/h6-8,13-15H,1-5H2,(H,11,16)/t6-,7?,8?/m0/s1. The Morgan fingerprint density at radius 1 is 1.50 bits per heavy atom. The fourth-order valence-electron chi connectivity index (χ4n) is 1.52. The Kier molecular flexibility index (Phi) is 4.91. The van der Waals surface area contributed by atoms with Crippen molar-refractivity contribution in [2.75, 3.05) is 26.2 Å². The highest BCUT2D eigenvalue weighted by Crippen LogP contribution is 2.09. The molecule has 1 heterocycles. The highest BCUT2D eigenvalue weighted by Gasteiger charge is 2.29. The Labute approximate surface area is 92.7 Å². The number of amides is 2. The molecule has 0 aromatic rings. The molecule has 2 amide bonds. The molecule has 4 N–H and O–H groups in total. The Morgan fingerprint density at radius 2 is 2.19 bits per heavy atom. The normalized spacial score (nSPS) is 22.5. The second kappa shape index (κ2) is 5.97. The van der Waals surface area contributed by atoms with Gasteiger partial charge in [-0.3, -0.25) is 0 Å². The first kappa shape index (κ1) is 13.1. The number of hydrogen-bond acceptors (Lipinski definition) is 4. The molecule has 6 nitrogen and oxygen atoms in total. The van der Waals surface area contributed by atoms with Crippen LogP contribution in [0.5, 0.6) is 0 Å². The van der Waals surface area contributed by atoms with E-state index < -0.39 is 25.0 Å². The predicted molar refractivity (Wildman–Crippen MR) is 53.6 cm³/mol. The van der Waals surface area contributed by atoms with Crippen molar-refractivity contribution in [2.24, 2.45) is 0 Å². The summed E-state index contributed by atoms with van der Waals surface area (Å²) in [4.78, 5) is 12.5. The second-order valence-electron chi connectivity index (χ2n) is 3.79. The van der Waals surface area contributed by atoms with Crippen LogP contribution in [0.2, 0.25) is 0 Å². The number of nitrogens with one attached hydrogen (secondary N) is 1. The molecule has 1 rings (SSSR count). The summed E-state index contributed by atoms with van der Waals surface area (Å²) in [6, 6.07) is -0.375. The maximum atomic E-state index is 13.4. The van der Waals surface area contributed by atoms with Crippen LogP contribution in [0.1, 0.15) is 6.42 Å². The second-order valence-corrected chi connectivity index (χ2v) is 3.79.